The third-order valence-electron chi connectivity index (χ3n) is 5.03. The summed E-state index contributed by atoms with van der Waals surface area (Å²) in [4.78, 5) is 24.2. The van der Waals surface area contributed by atoms with Gasteiger partial charge in [0, 0.05) is 6.54 Å². The highest BCUT2D eigenvalue weighted by molar-refractivity contribution is 5.78. The highest BCUT2D eigenvalue weighted by Crippen LogP contribution is 2.47. The molecule has 126 valence electrons. The lowest BCUT2D eigenvalue weighted by Gasteiger charge is -2.45. The second kappa shape index (κ2) is 6.57. The van der Waals surface area contributed by atoms with Crippen LogP contribution in [0.2, 0.25) is 0 Å². The van der Waals surface area contributed by atoms with Gasteiger partial charge in [-0.15, -0.1) is 0 Å². The number of esters is 1. The van der Waals surface area contributed by atoms with Crippen LogP contribution in [0.3, 0.4) is 0 Å². The number of piperidine rings is 1. The molecule has 1 saturated carbocycles. The zero-order valence-electron chi connectivity index (χ0n) is 14.0. The van der Waals surface area contributed by atoms with Gasteiger partial charge < -0.3 is 15.2 Å². The van der Waals surface area contributed by atoms with E-state index in [-0.39, 0.29) is 11.9 Å². The van der Waals surface area contributed by atoms with Gasteiger partial charge in [-0.05, 0) is 52.5 Å². The number of rotatable bonds is 3. The average molecular weight is 311 g/mol. The Labute approximate surface area is 132 Å². The Bertz CT molecular complexity index is 421. The van der Waals surface area contributed by atoms with Crippen LogP contribution in [0.1, 0.15) is 59.3 Å². The SMILES string of the molecule is CC(C)(C)OC(=O)C1(C2CNCC(C(=O)O)C2)CCCCC1. The molecule has 22 heavy (non-hydrogen) atoms. The summed E-state index contributed by atoms with van der Waals surface area (Å²) in [6, 6.07) is 0. The van der Waals surface area contributed by atoms with Gasteiger partial charge in [-0.2, -0.15) is 0 Å². The second-order valence-electron chi connectivity index (χ2n) is 7.84. The molecule has 1 heterocycles. The number of carbonyl (C=O) groups excluding carboxylic acids is 1. The van der Waals surface area contributed by atoms with Crippen molar-refractivity contribution >= 4 is 11.9 Å². The normalized spacial score (nSPS) is 28.9. The summed E-state index contributed by atoms with van der Waals surface area (Å²) in [5.41, 5.74) is -1.01. The Balaban J connectivity index is 2.21. The topological polar surface area (TPSA) is 75.6 Å². The van der Waals surface area contributed by atoms with Gasteiger partial charge >= 0.3 is 11.9 Å². The maximum atomic E-state index is 12.9. The first kappa shape index (κ1) is 17.3. The molecule has 5 nitrogen and oxygen atoms in total. The Morgan fingerprint density at radius 1 is 1.14 bits per heavy atom. The summed E-state index contributed by atoms with van der Waals surface area (Å²) in [5.74, 6) is -1.25. The van der Waals surface area contributed by atoms with Gasteiger partial charge in [0.1, 0.15) is 5.60 Å². The van der Waals surface area contributed by atoms with Crippen LogP contribution in [-0.4, -0.2) is 35.7 Å². The van der Waals surface area contributed by atoms with E-state index in [9.17, 15) is 14.7 Å². The summed E-state index contributed by atoms with van der Waals surface area (Å²) in [6.07, 6.45) is 5.40. The van der Waals surface area contributed by atoms with E-state index in [0.29, 0.717) is 19.5 Å². The fourth-order valence-corrected chi connectivity index (χ4v) is 3.89. The third kappa shape index (κ3) is 3.80. The Hall–Kier alpha value is -1.10. The first-order valence-corrected chi connectivity index (χ1v) is 8.41. The minimum absolute atomic E-state index is 0.0532. The van der Waals surface area contributed by atoms with E-state index in [4.69, 9.17) is 4.74 Å². The predicted molar refractivity (Wildman–Crippen MR) is 83.5 cm³/mol. The zero-order chi connectivity index (χ0) is 16.4. The lowest BCUT2D eigenvalue weighted by atomic mass is 9.62. The molecule has 2 fully saturated rings. The summed E-state index contributed by atoms with van der Waals surface area (Å²) in [5, 5.41) is 12.5. The van der Waals surface area contributed by atoms with Crippen molar-refractivity contribution in [3.63, 3.8) is 0 Å². The van der Waals surface area contributed by atoms with Crippen LogP contribution in [0.5, 0.6) is 0 Å². The smallest absolute Gasteiger partial charge is 0.312 e. The fraction of sp³-hybridized carbons (Fsp3) is 0.882. The van der Waals surface area contributed by atoms with Crippen LogP contribution in [0.4, 0.5) is 0 Å². The molecule has 0 spiro atoms. The first-order chi connectivity index (χ1) is 10.2. The van der Waals surface area contributed by atoms with Gasteiger partial charge in [0.15, 0.2) is 0 Å². The molecule has 2 atom stereocenters. The van der Waals surface area contributed by atoms with Crippen LogP contribution >= 0.6 is 0 Å². The van der Waals surface area contributed by atoms with Crippen molar-refractivity contribution < 1.29 is 19.4 Å². The van der Waals surface area contributed by atoms with Crippen molar-refractivity contribution in [2.75, 3.05) is 13.1 Å². The van der Waals surface area contributed by atoms with E-state index in [1.54, 1.807) is 0 Å². The van der Waals surface area contributed by atoms with E-state index < -0.39 is 22.9 Å². The molecule has 1 aliphatic heterocycles. The number of carboxylic acids is 1. The van der Waals surface area contributed by atoms with E-state index in [0.717, 1.165) is 32.1 Å². The molecule has 0 aromatic rings. The number of aliphatic carboxylic acids is 1. The highest BCUT2D eigenvalue weighted by Gasteiger charge is 2.50. The minimum Gasteiger partial charge on any atom is -0.481 e. The molecule has 0 aromatic heterocycles. The van der Waals surface area contributed by atoms with Gasteiger partial charge in [0.05, 0.1) is 11.3 Å². The largest absolute Gasteiger partial charge is 0.481 e. The second-order valence-corrected chi connectivity index (χ2v) is 7.84. The molecular weight excluding hydrogens is 282 g/mol. The molecule has 1 saturated heterocycles. The molecular formula is C17H29NO4. The highest BCUT2D eigenvalue weighted by atomic mass is 16.6. The molecule has 0 aromatic carbocycles. The Kier molecular flexibility index (Phi) is 5.15. The van der Waals surface area contributed by atoms with Crippen molar-refractivity contribution in [3.8, 4) is 0 Å². The molecule has 2 N–H and O–H groups in total. The monoisotopic (exact) mass is 311 g/mol. The van der Waals surface area contributed by atoms with Gasteiger partial charge in [-0.3, -0.25) is 9.59 Å². The minimum atomic E-state index is -0.771. The van der Waals surface area contributed by atoms with Gasteiger partial charge in [-0.25, -0.2) is 0 Å². The van der Waals surface area contributed by atoms with Crippen LogP contribution in [0, 0.1) is 17.3 Å². The van der Waals surface area contributed by atoms with Crippen molar-refractivity contribution in [1.82, 2.24) is 5.32 Å². The predicted octanol–water partition coefficient (Wildman–Crippen LogP) is 2.59. The average Bonchev–Trinajstić information content (AvgIpc) is 2.46. The van der Waals surface area contributed by atoms with Gasteiger partial charge in [0.25, 0.3) is 0 Å². The van der Waals surface area contributed by atoms with Crippen LogP contribution in [0.15, 0.2) is 0 Å². The summed E-state index contributed by atoms with van der Waals surface area (Å²) in [6.45, 7) is 6.88. The van der Waals surface area contributed by atoms with Crippen LogP contribution < -0.4 is 5.32 Å². The lowest BCUT2D eigenvalue weighted by molar-refractivity contribution is -0.176. The van der Waals surface area contributed by atoms with Crippen molar-refractivity contribution in [2.45, 2.75) is 64.9 Å². The maximum Gasteiger partial charge on any atom is 0.312 e. The number of nitrogens with one attached hydrogen (secondary N) is 1. The molecule has 2 aliphatic rings. The number of hydrogen-bond donors (Lipinski definition) is 2. The molecule has 2 rings (SSSR count). The standard InChI is InChI=1S/C17H29NO4/c1-16(2,3)22-15(21)17(7-5-4-6-8-17)13-9-12(14(19)20)10-18-11-13/h12-13,18H,4-11H2,1-3H3,(H,19,20). The van der Waals surface area contributed by atoms with Crippen molar-refractivity contribution in [1.29, 1.82) is 0 Å². The maximum absolute atomic E-state index is 12.9. The third-order valence-corrected chi connectivity index (χ3v) is 5.03. The van der Waals surface area contributed by atoms with E-state index in [1.165, 1.54) is 0 Å². The number of carbonyl (C=O) groups is 2. The van der Waals surface area contributed by atoms with Gasteiger partial charge in [0.2, 0.25) is 0 Å². The van der Waals surface area contributed by atoms with Crippen molar-refractivity contribution in [2.24, 2.45) is 17.3 Å². The molecule has 0 radical (unpaired) electrons. The molecule has 0 amide bonds. The molecule has 5 heteroatoms. The van der Waals surface area contributed by atoms with Crippen LogP contribution in [0.25, 0.3) is 0 Å². The fourth-order valence-electron chi connectivity index (χ4n) is 3.89. The first-order valence-electron chi connectivity index (χ1n) is 8.41. The molecule has 1 aliphatic carbocycles. The van der Waals surface area contributed by atoms with Crippen molar-refractivity contribution in [3.05, 3.63) is 0 Å². The number of hydrogen-bond acceptors (Lipinski definition) is 4. The van der Waals surface area contributed by atoms with Gasteiger partial charge in [-0.1, -0.05) is 19.3 Å². The molecule has 2 unspecified atom stereocenters. The Morgan fingerprint density at radius 2 is 1.77 bits per heavy atom. The molecule has 0 bridgehead atoms. The number of ether oxygens (including phenoxy) is 1. The number of carboxylic acid groups (broad SMARTS) is 1. The summed E-state index contributed by atoms with van der Waals surface area (Å²) >= 11 is 0. The van der Waals surface area contributed by atoms with E-state index in [1.807, 2.05) is 20.8 Å². The summed E-state index contributed by atoms with van der Waals surface area (Å²) < 4.78 is 5.72. The van der Waals surface area contributed by atoms with E-state index >= 15 is 0 Å². The zero-order valence-corrected chi connectivity index (χ0v) is 14.0. The Morgan fingerprint density at radius 3 is 2.32 bits per heavy atom. The van der Waals surface area contributed by atoms with E-state index in [2.05, 4.69) is 5.32 Å². The van der Waals surface area contributed by atoms with Crippen LogP contribution in [-0.2, 0) is 14.3 Å². The quantitative estimate of drug-likeness (QED) is 0.784. The lowest BCUT2D eigenvalue weighted by Crippen LogP contribution is -2.52. The summed E-state index contributed by atoms with van der Waals surface area (Å²) in [7, 11) is 0.